The highest BCUT2D eigenvalue weighted by Crippen LogP contribution is 2.33. The number of nitrogens with two attached hydrogens (primary N) is 1. The molecule has 0 saturated heterocycles. The normalized spacial score (nSPS) is 12.4. The van der Waals surface area contributed by atoms with Gasteiger partial charge in [-0.1, -0.05) is 36.9 Å². The van der Waals surface area contributed by atoms with Gasteiger partial charge in [-0.25, -0.2) is 8.78 Å². The van der Waals surface area contributed by atoms with Crippen LogP contribution in [0.1, 0.15) is 18.9 Å². The monoisotopic (exact) mass is 293 g/mol. The van der Waals surface area contributed by atoms with Gasteiger partial charge in [-0.3, -0.25) is 0 Å². The van der Waals surface area contributed by atoms with E-state index in [0.717, 1.165) is 29.4 Å². The summed E-state index contributed by atoms with van der Waals surface area (Å²) in [4.78, 5) is 1.38. The molecule has 0 aliphatic rings. The van der Waals surface area contributed by atoms with Gasteiger partial charge in [0.05, 0.1) is 0 Å². The van der Waals surface area contributed by atoms with Gasteiger partial charge in [-0.2, -0.15) is 0 Å². The van der Waals surface area contributed by atoms with Crippen LogP contribution in [0.25, 0.3) is 0 Å². The summed E-state index contributed by atoms with van der Waals surface area (Å²) in [7, 11) is 0. The van der Waals surface area contributed by atoms with E-state index in [1.54, 1.807) is 0 Å². The maximum absolute atomic E-state index is 13.7. The van der Waals surface area contributed by atoms with Crippen molar-refractivity contribution in [3.05, 3.63) is 59.7 Å². The molecule has 0 aromatic heterocycles. The van der Waals surface area contributed by atoms with Crippen molar-refractivity contribution in [1.29, 1.82) is 0 Å². The standard InChI is InChI=1S/C16H17F2NS/c1-2-13(19)9-11-5-3-4-6-15(11)20-16-8-7-12(17)10-14(16)18/h3-8,10,13H,2,9,19H2,1H3. The molecule has 0 radical (unpaired) electrons. The van der Waals surface area contributed by atoms with E-state index in [9.17, 15) is 8.78 Å². The van der Waals surface area contributed by atoms with Crippen LogP contribution in [0.15, 0.2) is 52.3 Å². The Morgan fingerprint density at radius 3 is 2.55 bits per heavy atom. The fourth-order valence-corrected chi connectivity index (χ4v) is 2.83. The van der Waals surface area contributed by atoms with E-state index in [0.29, 0.717) is 4.90 Å². The van der Waals surface area contributed by atoms with Gasteiger partial charge in [-0.15, -0.1) is 0 Å². The fraction of sp³-hybridized carbons (Fsp3) is 0.250. The Kier molecular flexibility index (Phi) is 5.15. The van der Waals surface area contributed by atoms with Crippen molar-refractivity contribution in [3.63, 3.8) is 0 Å². The first-order chi connectivity index (χ1) is 9.60. The van der Waals surface area contributed by atoms with Crippen LogP contribution in [0.2, 0.25) is 0 Å². The fourth-order valence-electron chi connectivity index (χ4n) is 1.88. The first kappa shape index (κ1) is 15.0. The van der Waals surface area contributed by atoms with Crippen molar-refractivity contribution in [2.45, 2.75) is 35.6 Å². The summed E-state index contributed by atoms with van der Waals surface area (Å²) in [6.45, 7) is 2.04. The minimum absolute atomic E-state index is 0.0924. The van der Waals surface area contributed by atoms with Crippen LogP contribution in [0, 0.1) is 11.6 Å². The number of halogens is 2. The Balaban J connectivity index is 2.24. The van der Waals surface area contributed by atoms with E-state index in [-0.39, 0.29) is 6.04 Å². The van der Waals surface area contributed by atoms with Crippen molar-refractivity contribution in [2.75, 3.05) is 0 Å². The van der Waals surface area contributed by atoms with Crippen molar-refractivity contribution in [3.8, 4) is 0 Å². The molecule has 20 heavy (non-hydrogen) atoms. The van der Waals surface area contributed by atoms with Crippen LogP contribution in [-0.2, 0) is 6.42 Å². The molecule has 0 aliphatic heterocycles. The second-order valence-electron chi connectivity index (χ2n) is 4.66. The maximum atomic E-state index is 13.7. The third-order valence-corrected chi connectivity index (χ3v) is 4.26. The van der Waals surface area contributed by atoms with E-state index in [1.807, 2.05) is 31.2 Å². The van der Waals surface area contributed by atoms with Crippen molar-refractivity contribution in [1.82, 2.24) is 0 Å². The van der Waals surface area contributed by atoms with Gasteiger partial charge in [0, 0.05) is 21.9 Å². The molecule has 0 saturated carbocycles. The molecule has 2 aromatic rings. The van der Waals surface area contributed by atoms with E-state index in [4.69, 9.17) is 5.73 Å². The number of hydrogen-bond donors (Lipinski definition) is 1. The lowest BCUT2D eigenvalue weighted by Crippen LogP contribution is -2.21. The Hall–Kier alpha value is -1.39. The second-order valence-corrected chi connectivity index (χ2v) is 5.74. The Bertz CT molecular complexity index is 586. The molecular formula is C16H17F2NS. The Morgan fingerprint density at radius 2 is 1.85 bits per heavy atom. The van der Waals surface area contributed by atoms with Crippen molar-refractivity contribution < 1.29 is 8.78 Å². The summed E-state index contributed by atoms with van der Waals surface area (Å²) in [5, 5.41) is 0. The molecule has 0 spiro atoms. The molecule has 1 atom stereocenters. The van der Waals surface area contributed by atoms with Gasteiger partial charge in [-0.05, 0) is 36.6 Å². The largest absolute Gasteiger partial charge is 0.327 e. The summed E-state index contributed by atoms with van der Waals surface area (Å²) in [5.74, 6) is -1.10. The van der Waals surface area contributed by atoms with Gasteiger partial charge in [0.1, 0.15) is 11.6 Å². The summed E-state index contributed by atoms with van der Waals surface area (Å²) >= 11 is 1.30. The third kappa shape index (κ3) is 3.81. The molecule has 0 bridgehead atoms. The molecule has 2 rings (SSSR count). The van der Waals surface area contributed by atoms with Gasteiger partial charge in [0.15, 0.2) is 0 Å². The lowest BCUT2D eigenvalue weighted by Gasteiger charge is -2.13. The average molecular weight is 293 g/mol. The molecule has 0 amide bonds. The second kappa shape index (κ2) is 6.86. The molecule has 2 aromatic carbocycles. The summed E-state index contributed by atoms with van der Waals surface area (Å²) in [6, 6.07) is 11.5. The van der Waals surface area contributed by atoms with Crippen LogP contribution >= 0.6 is 11.8 Å². The molecule has 2 N–H and O–H groups in total. The number of benzene rings is 2. The molecule has 106 valence electrons. The van der Waals surface area contributed by atoms with Gasteiger partial charge < -0.3 is 5.73 Å². The Labute approximate surface area is 122 Å². The lowest BCUT2D eigenvalue weighted by atomic mass is 10.1. The third-order valence-electron chi connectivity index (χ3n) is 3.09. The van der Waals surface area contributed by atoms with Gasteiger partial charge in [0.25, 0.3) is 0 Å². The van der Waals surface area contributed by atoms with E-state index < -0.39 is 11.6 Å². The molecule has 0 heterocycles. The molecular weight excluding hydrogens is 276 g/mol. The SMILES string of the molecule is CCC(N)Cc1ccccc1Sc1ccc(F)cc1F. The van der Waals surface area contributed by atoms with Crippen LogP contribution in [0.5, 0.6) is 0 Å². The van der Waals surface area contributed by atoms with Crippen LogP contribution in [-0.4, -0.2) is 6.04 Å². The summed E-state index contributed by atoms with van der Waals surface area (Å²) in [5.41, 5.74) is 7.08. The number of rotatable bonds is 5. The van der Waals surface area contributed by atoms with E-state index >= 15 is 0 Å². The zero-order chi connectivity index (χ0) is 14.5. The number of hydrogen-bond acceptors (Lipinski definition) is 2. The van der Waals surface area contributed by atoms with Crippen LogP contribution in [0.3, 0.4) is 0 Å². The van der Waals surface area contributed by atoms with E-state index in [1.165, 1.54) is 23.9 Å². The van der Waals surface area contributed by atoms with Gasteiger partial charge in [0.2, 0.25) is 0 Å². The minimum Gasteiger partial charge on any atom is -0.327 e. The van der Waals surface area contributed by atoms with Crippen LogP contribution in [0.4, 0.5) is 8.78 Å². The highest BCUT2D eigenvalue weighted by Gasteiger charge is 2.10. The lowest BCUT2D eigenvalue weighted by molar-refractivity contribution is 0.565. The highest BCUT2D eigenvalue weighted by molar-refractivity contribution is 7.99. The highest BCUT2D eigenvalue weighted by atomic mass is 32.2. The minimum atomic E-state index is -0.562. The summed E-state index contributed by atoms with van der Waals surface area (Å²) < 4.78 is 26.6. The summed E-state index contributed by atoms with van der Waals surface area (Å²) in [6.07, 6.45) is 1.65. The zero-order valence-electron chi connectivity index (χ0n) is 11.3. The topological polar surface area (TPSA) is 26.0 Å². The van der Waals surface area contributed by atoms with Gasteiger partial charge >= 0.3 is 0 Å². The predicted octanol–water partition coefficient (Wildman–Crippen LogP) is 4.40. The van der Waals surface area contributed by atoms with Crippen molar-refractivity contribution >= 4 is 11.8 Å². The molecule has 1 unspecified atom stereocenters. The van der Waals surface area contributed by atoms with E-state index in [2.05, 4.69) is 0 Å². The smallest absolute Gasteiger partial charge is 0.140 e. The quantitative estimate of drug-likeness (QED) is 0.884. The maximum Gasteiger partial charge on any atom is 0.140 e. The average Bonchev–Trinajstić information content (AvgIpc) is 2.43. The molecule has 4 heteroatoms. The first-order valence-corrected chi connectivity index (χ1v) is 7.38. The predicted molar refractivity (Wildman–Crippen MR) is 78.9 cm³/mol. The molecule has 0 fully saturated rings. The van der Waals surface area contributed by atoms with Crippen molar-refractivity contribution in [2.24, 2.45) is 5.73 Å². The molecule has 0 aliphatic carbocycles. The Morgan fingerprint density at radius 1 is 1.10 bits per heavy atom. The first-order valence-electron chi connectivity index (χ1n) is 6.56. The molecule has 1 nitrogen and oxygen atoms in total. The zero-order valence-corrected chi connectivity index (χ0v) is 12.1. The van der Waals surface area contributed by atoms with Crippen LogP contribution < -0.4 is 5.73 Å².